The maximum Gasteiger partial charge on any atom is 0.494 e. The van der Waals surface area contributed by atoms with Crippen LogP contribution in [-0.4, -0.2) is 34.0 Å². The van der Waals surface area contributed by atoms with E-state index in [4.69, 9.17) is 24.3 Å². The zero-order chi connectivity index (χ0) is 36.3. The predicted octanol–water partition coefficient (Wildman–Crippen LogP) is 10.3. The zero-order valence-corrected chi connectivity index (χ0v) is 30.4. The SMILES string of the molecule is C=C(N=C(/C=C(\C)c1ccccc1)c1ccccc1)c1cc(B2OC(C)(C)C(C)(C)O2)cc(-c2nc(-c3ccccc3)cc(-c3ccccc3)n2)c1. The van der Waals surface area contributed by atoms with E-state index in [0.717, 1.165) is 61.5 Å². The first-order valence-electron chi connectivity index (χ1n) is 17.6. The van der Waals surface area contributed by atoms with Crippen molar-refractivity contribution in [3.63, 3.8) is 0 Å². The van der Waals surface area contributed by atoms with E-state index in [1.165, 1.54) is 0 Å². The third kappa shape index (κ3) is 7.50. The fraction of sp³-hybridized carbons (Fsp3) is 0.152. The Balaban J connectivity index is 1.39. The minimum absolute atomic E-state index is 0.520. The molecule has 6 aromatic rings. The average molecular weight is 680 g/mol. The lowest BCUT2D eigenvalue weighted by Gasteiger charge is -2.32. The summed E-state index contributed by atoms with van der Waals surface area (Å²) in [5.41, 5.74) is 9.73. The van der Waals surface area contributed by atoms with Gasteiger partial charge in [-0.05, 0) is 75.0 Å². The molecule has 0 radical (unpaired) electrons. The van der Waals surface area contributed by atoms with E-state index in [0.29, 0.717) is 11.5 Å². The molecule has 0 bridgehead atoms. The van der Waals surface area contributed by atoms with Crippen LogP contribution in [0.4, 0.5) is 0 Å². The van der Waals surface area contributed by atoms with E-state index < -0.39 is 18.3 Å². The van der Waals surface area contributed by atoms with Gasteiger partial charge in [0, 0.05) is 22.3 Å². The van der Waals surface area contributed by atoms with Crippen LogP contribution < -0.4 is 5.46 Å². The molecule has 0 unspecified atom stereocenters. The molecule has 5 aromatic carbocycles. The van der Waals surface area contributed by atoms with Gasteiger partial charge in [0.25, 0.3) is 0 Å². The number of aliphatic imine (C=N–C) groups is 1. The van der Waals surface area contributed by atoms with Crippen LogP contribution in [0, 0.1) is 0 Å². The van der Waals surface area contributed by atoms with Gasteiger partial charge in [0.2, 0.25) is 0 Å². The van der Waals surface area contributed by atoms with Gasteiger partial charge in [-0.25, -0.2) is 15.0 Å². The summed E-state index contributed by atoms with van der Waals surface area (Å²) in [6.45, 7) is 14.9. The van der Waals surface area contributed by atoms with Gasteiger partial charge in [-0.15, -0.1) is 0 Å². The van der Waals surface area contributed by atoms with Crippen LogP contribution in [-0.2, 0) is 9.31 Å². The first-order valence-corrected chi connectivity index (χ1v) is 17.6. The second-order valence-corrected chi connectivity index (χ2v) is 14.1. The molecule has 1 aromatic heterocycles. The highest BCUT2D eigenvalue weighted by molar-refractivity contribution is 6.62. The molecule has 0 amide bonds. The van der Waals surface area contributed by atoms with Gasteiger partial charge in [0.05, 0.1) is 34.0 Å². The summed E-state index contributed by atoms with van der Waals surface area (Å²) in [6.07, 6.45) is 2.12. The smallest absolute Gasteiger partial charge is 0.399 e. The molecule has 1 fully saturated rings. The van der Waals surface area contributed by atoms with Gasteiger partial charge < -0.3 is 9.31 Å². The highest BCUT2D eigenvalue weighted by Crippen LogP contribution is 2.37. The topological polar surface area (TPSA) is 56.6 Å². The minimum atomic E-state index is -0.611. The Morgan fingerprint density at radius 2 is 1.08 bits per heavy atom. The second-order valence-electron chi connectivity index (χ2n) is 14.1. The van der Waals surface area contributed by atoms with Crippen LogP contribution in [0.25, 0.3) is 45.2 Å². The van der Waals surface area contributed by atoms with Crippen LogP contribution in [0.2, 0.25) is 0 Å². The molecule has 0 spiro atoms. The van der Waals surface area contributed by atoms with Crippen LogP contribution in [0.5, 0.6) is 0 Å². The first kappa shape index (κ1) is 34.7. The molecule has 52 heavy (non-hydrogen) atoms. The van der Waals surface area contributed by atoms with E-state index in [9.17, 15) is 0 Å². The molecular weight excluding hydrogens is 637 g/mol. The van der Waals surface area contributed by atoms with Crippen molar-refractivity contribution in [2.75, 3.05) is 0 Å². The molecule has 7 rings (SSSR count). The van der Waals surface area contributed by atoms with Crippen molar-refractivity contribution in [1.29, 1.82) is 0 Å². The summed E-state index contributed by atoms with van der Waals surface area (Å²) in [6, 6.07) is 49.2. The molecular formula is C46H42BN3O2. The van der Waals surface area contributed by atoms with E-state index in [1.54, 1.807) is 0 Å². The molecule has 5 nitrogen and oxygen atoms in total. The van der Waals surface area contributed by atoms with Gasteiger partial charge in [-0.1, -0.05) is 140 Å². The Kier molecular flexibility index (Phi) is 9.70. The quantitative estimate of drug-likeness (QED) is 0.113. The second kappa shape index (κ2) is 14.5. The summed E-state index contributed by atoms with van der Waals surface area (Å²) in [7, 11) is -0.611. The summed E-state index contributed by atoms with van der Waals surface area (Å²) < 4.78 is 13.2. The normalized spacial score (nSPS) is 15.4. The minimum Gasteiger partial charge on any atom is -0.399 e. The van der Waals surface area contributed by atoms with Crippen molar-refractivity contribution >= 4 is 29.6 Å². The average Bonchev–Trinajstić information content (AvgIpc) is 3.41. The Labute approximate surface area is 307 Å². The molecule has 0 N–H and O–H groups in total. The molecule has 0 saturated carbocycles. The third-order valence-electron chi connectivity index (χ3n) is 9.84. The Morgan fingerprint density at radius 3 is 1.60 bits per heavy atom. The summed E-state index contributed by atoms with van der Waals surface area (Å²) in [5, 5.41) is 0. The van der Waals surface area contributed by atoms with Crippen molar-refractivity contribution in [3.8, 4) is 33.9 Å². The van der Waals surface area contributed by atoms with Crippen LogP contribution >= 0.6 is 0 Å². The monoisotopic (exact) mass is 679 g/mol. The molecule has 2 heterocycles. The van der Waals surface area contributed by atoms with Crippen LogP contribution in [0.15, 0.2) is 163 Å². The molecule has 1 saturated heterocycles. The standard InChI is InChI=1S/C46H42BN3O2/c1-32(34-19-11-7-12-20-34)27-41(35-21-13-8-14-22-35)48-33(2)38-28-39(30-40(29-38)47-51-45(3,4)46(5,6)52-47)44-49-42(36-23-15-9-16-24-36)31-43(50-44)37-25-17-10-18-26-37/h7-31H,2H2,1,3-6H3/b32-27+,48-41?. The van der Waals surface area contributed by atoms with Crippen LogP contribution in [0.3, 0.4) is 0 Å². The number of hydrogen-bond acceptors (Lipinski definition) is 5. The molecule has 1 aliphatic heterocycles. The highest BCUT2D eigenvalue weighted by atomic mass is 16.7. The fourth-order valence-electron chi connectivity index (χ4n) is 6.14. The number of allylic oxidation sites excluding steroid dienone is 2. The Bertz CT molecular complexity index is 2190. The number of hydrogen-bond donors (Lipinski definition) is 0. The first-order chi connectivity index (χ1) is 25.1. The number of benzene rings is 5. The maximum absolute atomic E-state index is 6.58. The summed E-state index contributed by atoms with van der Waals surface area (Å²) >= 11 is 0. The summed E-state index contributed by atoms with van der Waals surface area (Å²) in [4.78, 5) is 15.5. The molecule has 6 heteroatoms. The van der Waals surface area contributed by atoms with E-state index >= 15 is 0 Å². The van der Waals surface area contributed by atoms with E-state index in [-0.39, 0.29) is 0 Å². The maximum atomic E-state index is 6.58. The Hall–Kier alpha value is -5.69. The zero-order valence-electron chi connectivity index (χ0n) is 30.4. The van der Waals surface area contributed by atoms with Crippen molar-refractivity contribution in [2.45, 2.75) is 45.8 Å². The van der Waals surface area contributed by atoms with Crippen molar-refractivity contribution in [3.05, 3.63) is 175 Å². The molecule has 1 aliphatic rings. The lowest BCUT2D eigenvalue weighted by Crippen LogP contribution is -2.41. The van der Waals surface area contributed by atoms with Gasteiger partial charge in [0.15, 0.2) is 5.82 Å². The summed E-state index contributed by atoms with van der Waals surface area (Å²) in [5.74, 6) is 0.583. The Morgan fingerprint density at radius 1 is 0.596 bits per heavy atom. The lowest BCUT2D eigenvalue weighted by atomic mass is 9.77. The van der Waals surface area contributed by atoms with Crippen molar-refractivity contribution in [1.82, 2.24) is 9.97 Å². The van der Waals surface area contributed by atoms with E-state index in [1.807, 2.05) is 78.9 Å². The molecule has 0 aliphatic carbocycles. The number of rotatable bonds is 9. The predicted molar refractivity (Wildman–Crippen MR) is 216 cm³/mol. The van der Waals surface area contributed by atoms with E-state index in [2.05, 4.69) is 114 Å². The number of aromatic nitrogens is 2. The largest absolute Gasteiger partial charge is 0.494 e. The van der Waals surface area contributed by atoms with Gasteiger partial charge >= 0.3 is 7.12 Å². The fourth-order valence-corrected chi connectivity index (χ4v) is 6.14. The number of nitrogens with zero attached hydrogens (tertiary/aromatic N) is 3. The highest BCUT2D eigenvalue weighted by Gasteiger charge is 2.51. The van der Waals surface area contributed by atoms with Gasteiger partial charge in [0.1, 0.15) is 0 Å². The molecule has 0 atom stereocenters. The third-order valence-corrected chi connectivity index (χ3v) is 9.84. The van der Waals surface area contributed by atoms with Crippen molar-refractivity contribution in [2.24, 2.45) is 4.99 Å². The lowest BCUT2D eigenvalue weighted by molar-refractivity contribution is 0.00578. The van der Waals surface area contributed by atoms with Crippen LogP contribution in [0.1, 0.15) is 51.3 Å². The van der Waals surface area contributed by atoms with Gasteiger partial charge in [-0.2, -0.15) is 0 Å². The van der Waals surface area contributed by atoms with Gasteiger partial charge in [-0.3, -0.25) is 0 Å². The van der Waals surface area contributed by atoms with Crippen molar-refractivity contribution < 1.29 is 9.31 Å². The molecule has 256 valence electrons.